The summed E-state index contributed by atoms with van der Waals surface area (Å²) in [5.41, 5.74) is 0. The van der Waals surface area contributed by atoms with Crippen molar-refractivity contribution >= 4 is 5.97 Å². The highest BCUT2D eigenvalue weighted by molar-refractivity contribution is 5.73. The van der Waals surface area contributed by atoms with Crippen LogP contribution in [0.4, 0.5) is 0 Å². The van der Waals surface area contributed by atoms with Gasteiger partial charge in [0.05, 0.1) is 0 Å². The molecule has 3 nitrogen and oxygen atoms in total. The fraction of sp³-hybridized carbons (Fsp3) is 0.909. The number of nitrogens with one attached hydrogen (secondary N) is 1. The zero-order valence-electron chi connectivity index (χ0n) is 8.54. The van der Waals surface area contributed by atoms with Crippen LogP contribution in [0.15, 0.2) is 0 Å². The largest absolute Gasteiger partial charge is 0.480 e. The van der Waals surface area contributed by atoms with Crippen LogP contribution in [0.3, 0.4) is 0 Å². The van der Waals surface area contributed by atoms with E-state index in [0.717, 1.165) is 18.9 Å². The zero-order chi connectivity index (χ0) is 9.97. The standard InChI is InChI=1S/C11H19NO2/c13-11(14)10-6-9(7-12-10)8-4-2-1-3-5-8/h8-10,12H,1-7H2,(H,13,14)/t9-,10+/m1/s1. The van der Waals surface area contributed by atoms with Gasteiger partial charge in [0.15, 0.2) is 0 Å². The smallest absolute Gasteiger partial charge is 0.320 e. The Morgan fingerprint density at radius 2 is 1.86 bits per heavy atom. The molecule has 2 atom stereocenters. The second-order valence-electron chi connectivity index (χ2n) is 4.69. The highest BCUT2D eigenvalue weighted by atomic mass is 16.4. The summed E-state index contributed by atoms with van der Waals surface area (Å²) in [4.78, 5) is 10.8. The van der Waals surface area contributed by atoms with Gasteiger partial charge in [0.2, 0.25) is 0 Å². The Labute approximate surface area is 84.9 Å². The van der Waals surface area contributed by atoms with Crippen LogP contribution < -0.4 is 5.32 Å². The van der Waals surface area contributed by atoms with Crippen LogP contribution in [0, 0.1) is 11.8 Å². The molecule has 1 saturated carbocycles. The molecular formula is C11H19NO2. The first-order chi connectivity index (χ1) is 6.77. The molecule has 0 unspecified atom stereocenters. The van der Waals surface area contributed by atoms with Crippen molar-refractivity contribution in [1.29, 1.82) is 0 Å². The number of aliphatic carboxylic acids is 1. The van der Waals surface area contributed by atoms with E-state index >= 15 is 0 Å². The van der Waals surface area contributed by atoms with E-state index in [4.69, 9.17) is 5.11 Å². The second-order valence-corrected chi connectivity index (χ2v) is 4.69. The molecule has 0 radical (unpaired) electrons. The molecule has 0 bridgehead atoms. The summed E-state index contributed by atoms with van der Waals surface area (Å²) in [6.07, 6.45) is 7.55. The summed E-state index contributed by atoms with van der Waals surface area (Å²) in [5.74, 6) is 0.736. The molecule has 2 fully saturated rings. The topological polar surface area (TPSA) is 49.3 Å². The van der Waals surface area contributed by atoms with E-state index in [-0.39, 0.29) is 6.04 Å². The van der Waals surface area contributed by atoms with Crippen molar-refractivity contribution in [3.8, 4) is 0 Å². The van der Waals surface area contributed by atoms with E-state index in [1.54, 1.807) is 0 Å². The number of carboxylic acids is 1. The fourth-order valence-electron chi connectivity index (χ4n) is 2.92. The summed E-state index contributed by atoms with van der Waals surface area (Å²) in [5, 5.41) is 12.0. The summed E-state index contributed by atoms with van der Waals surface area (Å²) >= 11 is 0. The van der Waals surface area contributed by atoms with Crippen LogP contribution in [-0.2, 0) is 4.79 Å². The first-order valence-electron chi connectivity index (χ1n) is 5.73. The predicted molar refractivity (Wildman–Crippen MR) is 54.1 cm³/mol. The summed E-state index contributed by atoms with van der Waals surface area (Å²) < 4.78 is 0. The lowest BCUT2D eigenvalue weighted by Gasteiger charge is -2.26. The number of hydrogen-bond acceptors (Lipinski definition) is 2. The molecule has 2 aliphatic rings. The van der Waals surface area contributed by atoms with Crippen LogP contribution in [0.2, 0.25) is 0 Å². The molecule has 80 valence electrons. The summed E-state index contributed by atoms with van der Waals surface area (Å²) in [6, 6.07) is -0.276. The van der Waals surface area contributed by atoms with Gasteiger partial charge in [-0.15, -0.1) is 0 Å². The van der Waals surface area contributed by atoms with Crippen LogP contribution in [-0.4, -0.2) is 23.7 Å². The Balaban J connectivity index is 1.85. The lowest BCUT2D eigenvalue weighted by Crippen LogP contribution is -2.29. The molecule has 0 amide bonds. The Morgan fingerprint density at radius 3 is 2.43 bits per heavy atom. The molecule has 14 heavy (non-hydrogen) atoms. The molecule has 0 aromatic carbocycles. The van der Waals surface area contributed by atoms with Crippen LogP contribution in [0.1, 0.15) is 38.5 Å². The van der Waals surface area contributed by atoms with Crippen LogP contribution >= 0.6 is 0 Å². The van der Waals surface area contributed by atoms with E-state index in [9.17, 15) is 4.79 Å². The summed E-state index contributed by atoms with van der Waals surface area (Å²) in [6.45, 7) is 0.918. The van der Waals surface area contributed by atoms with Gasteiger partial charge in [0.1, 0.15) is 6.04 Å². The Hall–Kier alpha value is -0.570. The molecule has 1 aliphatic carbocycles. The van der Waals surface area contributed by atoms with Gasteiger partial charge in [-0.2, -0.15) is 0 Å². The molecule has 0 spiro atoms. The van der Waals surface area contributed by atoms with Crippen LogP contribution in [0.5, 0.6) is 0 Å². The number of hydrogen-bond donors (Lipinski definition) is 2. The molecule has 0 aromatic heterocycles. The number of carbonyl (C=O) groups is 1. The fourth-order valence-corrected chi connectivity index (χ4v) is 2.92. The maximum absolute atomic E-state index is 10.8. The van der Waals surface area contributed by atoms with Gasteiger partial charge in [-0.3, -0.25) is 4.79 Å². The molecule has 3 heteroatoms. The maximum atomic E-state index is 10.8. The van der Waals surface area contributed by atoms with Crippen molar-refractivity contribution in [3.63, 3.8) is 0 Å². The van der Waals surface area contributed by atoms with E-state index < -0.39 is 5.97 Å². The Bertz CT molecular complexity index is 211. The second kappa shape index (κ2) is 4.30. The number of rotatable bonds is 2. The van der Waals surface area contributed by atoms with Gasteiger partial charge in [0.25, 0.3) is 0 Å². The van der Waals surface area contributed by atoms with Crippen molar-refractivity contribution in [2.24, 2.45) is 11.8 Å². The normalized spacial score (nSPS) is 34.6. The SMILES string of the molecule is O=C(O)[C@@H]1C[C@@H](C2CCCCC2)CN1. The maximum Gasteiger partial charge on any atom is 0.320 e. The van der Waals surface area contributed by atoms with Crippen molar-refractivity contribution in [2.75, 3.05) is 6.54 Å². The third kappa shape index (κ3) is 2.08. The van der Waals surface area contributed by atoms with Crippen molar-refractivity contribution in [1.82, 2.24) is 5.32 Å². The quantitative estimate of drug-likeness (QED) is 0.707. The Morgan fingerprint density at radius 1 is 1.14 bits per heavy atom. The average Bonchev–Trinajstić information content (AvgIpc) is 2.68. The van der Waals surface area contributed by atoms with Crippen molar-refractivity contribution in [3.05, 3.63) is 0 Å². The third-order valence-electron chi connectivity index (χ3n) is 3.78. The monoisotopic (exact) mass is 197 g/mol. The van der Waals surface area contributed by atoms with E-state index in [0.29, 0.717) is 5.92 Å². The first-order valence-corrected chi connectivity index (χ1v) is 5.73. The molecule has 1 heterocycles. The zero-order valence-corrected chi connectivity index (χ0v) is 8.54. The highest BCUT2D eigenvalue weighted by Gasteiger charge is 2.34. The van der Waals surface area contributed by atoms with E-state index in [1.807, 2.05) is 0 Å². The lowest BCUT2D eigenvalue weighted by molar-refractivity contribution is -0.139. The molecule has 0 aromatic rings. The number of carboxylic acid groups (broad SMARTS) is 1. The van der Waals surface area contributed by atoms with Gasteiger partial charge in [0, 0.05) is 0 Å². The van der Waals surface area contributed by atoms with Crippen molar-refractivity contribution < 1.29 is 9.90 Å². The van der Waals surface area contributed by atoms with E-state index in [2.05, 4.69) is 5.32 Å². The van der Waals surface area contributed by atoms with Gasteiger partial charge >= 0.3 is 5.97 Å². The van der Waals surface area contributed by atoms with Gasteiger partial charge < -0.3 is 10.4 Å². The van der Waals surface area contributed by atoms with Gasteiger partial charge in [-0.05, 0) is 24.8 Å². The molecular weight excluding hydrogens is 178 g/mol. The summed E-state index contributed by atoms with van der Waals surface area (Å²) in [7, 11) is 0. The first kappa shape index (κ1) is 9.97. The minimum absolute atomic E-state index is 0.276. The van der Waals surface area contributed by atoms with Gasteiger partial charge in [-0.25, -0.2) is 0 Å². The molecule has 1 saturated heterocycles. The van der Waals surface area contributed by atoms with Gasteiger partial charge in [-0.1, -0.05) is 32.1 Å². The third-order valence-corrected chi connectivity index (χ3v) is 3.78. The van der Waals surface area contributed by atoms with Crippen LogP contribution in [0.25, 0.3) is 0 Å². The lowest BCUT2D eigenvalue weighted by atomic mass is 9.79. The predicted octanol–water partition coefficient (Wildman–Crippen LogP) is 1.63. The Kier molecular flexibility index (Phi) is 3.06. The molecule has 2 rings (SSSR count). The molecule has 2 N–H and O–H groups in total. The minimum atomic E-state index is -0.677. The van der Waals surface area contributed by atoms with E-state index in [1.165, 1.54) is 32.1 Å². The average molecular weight is 197 g/mol. The minimum Gasteiger partial charge on any atom is -0.480 e. The molecule has 1 aliphatic heterocycles. The van der Waals surface area contributed by atoms with Crippen molar-refractivity contribution in [2.45, 2.75) is 44.6 Å². The highest BCUT2D eigenvalue weighted by Crippen LogP contribution is 2.34.